The second kappa shape index (κ2) is 17.6. The Morgan fingerprint density at radius 2 is 0.900 bits per heavy atom. The molecule has 10 heteroatoms. The molecular weight excluding hydrogens is 388 g/mol. The predicted octanol–water partition coefficient (Wildman–Crippen LogP) is -1.08. The Balaban J connectivity index is 4.66. The standard InChI is InChI=1S/C20H40N6O4/c1-5-24-20(30)10-16-26(15-9-19(29)23-4)12-6-11-25(13-7-17(27)21-2)14-8-18(28)22-3/h5-16H2,1-4H3,(H,21,27)(H,22,28)(H,23,29)(H,24,30). The van der Waals surface area contributed by atoms with E-state index in [0.717, 1.165) is 19.5 Å². The smallest absolute Gasteiger partial charge is 0.221 e. The van der Waals surface area contributed by atoms with Crippen molar-refractivity contribution in [2.45, 2.75) is 39.0 Å². The number of amides is 4. The maximum atomic E-state index is 11.8. The number of rotatable bonds is 17. The van der Waals surface area contributed by atoms with E-state index in [2.05, 4.69) is 31.1 Å². The first-order chi connectivity index (χ1) is 14.4. The Morgan fingerprint density at radius 3 is 1.20 bits per heavy atom. The molecule has 0 spiro atoms. The number of carbonyl (C=O) groups excluding carboxylic acids is 4. The quantitative estimate of drug-likeness (QED) is 0.234. The molecule has 4 N–H and O–H groups in total. The fourth-order valence-electron chi connectivity index (χ4n) is 2.89. The van der Waals surface area contributed by atoms with Gasteiger partial charge in [-0.05, 0) is 26.4 Å². The van der Waals surface area contributed by atoms with E-state index in [1.54, 1.807) is 21.1 Å². The molecule has 0 fully saturated rings. The van der Waals surface area contributed by atoms with Crippen LogP contribution in [0.15, 0.2) is 0 Å². The van der Waals surface area contributed by atoms with Crippen LogP contribution in [-0.2, 0) is 19.2 Å². The molecule has 30 heavy (non-hydrogen) atoms. The highest BCUT2D eigenvalue weighted by Crippen LogP contribution is 2.02. The largest absolute Gasteiger partial charge is 0.359 e. The van der Waals surface area contributed by atoms with Crippen LogP contribution in [0.3, 0.4) is 0 Å². The summed E-state index contributed by atoms with van der Waals surface area (Å²) in [4.78, 5) is 50.7. The monoisotopic (exact) mass is 428 g/mol. The molecule has 0 heterocycles. The van der Waals surface area contributed by atoms with Crippen molar-refractivity contribution < 1.29 is 19.2 Å². The molecule has 0 aromatic carbocycles. The van der Waals surface area contributed by atoms with Gasteiger partial charge in [-0.25, -0.2) is 0 Å². The number of hydrogen-bond acceptors (Lipinski definition) is 6. The first kappa shape index (κ1) is 27.8. The van der Waals surface area contributed by atoms with Crippen LogP contribution in [0.5, 0.6) is 0 Å². The molecule has 0 aromatic heterocycles. The molecule has 0 atom stereocenters. The number of nitrogens with zero attached hydrogens (tertiary/aromatic N) is 2. The first-order valence-corrected chi connectivity index (χ1v) is 10.7. The zero-order valence-corrected chi connectivity index (χ0v) is 19.0. The molecule has 4 amide bonds. The van der Waals surface area contributed by atoms with Gasteiger partial charge in [0.05, 0.1) is 0 Å². The summed E-state index contributed by atoms with van der Waals surface area (Å²) in [6, 6.07) is 0. The molecule has 0 rings (SSSR count). The molecule has 0 aliphatic rings. The highest BCUT2D eigenvalue weighted by molar-refractivity contribution is 5.77. The lowest BCUT2D eigenvalue weighted by Gasteiger charge is -2.25. The van der Waals surface area contributed by atoms with Gasteiger partial charge in [0, 0.05) is 79.6 Å². The minimum absolute atomic E-state index is 0.000209. The van der Waals surface area contributed by atoms with Crippen LogP contribution in [-0.4, -0.2) is 100 Å². The Morgan fingerprint density at radius 1 is 0.567 bits per heavy atom. The van der Waals surface area contributed by atoms with Crippen LogP contribution >= 0.6 is 0 Å². The van der Waals surface area contributed by atoms with Crippen molar-refractivity contribution in [2.75, 3.05) is 67.0 Å². The van der Waals surface area contributed by atoms with Crippen molar-refractivity contribution in [3.05, 3.63) is 0 Å². The summed E-state index contributed by atoms with van der Waals surface area (Å²) < 4.78 is 0. The summed E-state index contributed by atoms with van der Waals surface area (Å²) in [6.45, 7) is 6.26. The maximum Gasteiger partial charge on any atom is 0.221 e. The van der Waals surface area contributed by atoms with Gasteiger partial charge in [-0.3, -0.25) is 19.2 Å². The van der Waals surface area contributed by atoms with Gasteiger partial charge in [0.25, 0.3) is 0 Å². The Bertz CT molecular complexity index is 509. The highest BCUT2D eigenvalue weighted by Gasteiger charge is 2.13. The van der Waals surface area contributed by atoms with Crippen LogP contribution < -0.4 is 21.3 Å². The molecule has 0 aliphatic heterocycles. The predicted molar refractivity (Wildman–Crippen MR) is 117 cm³/mol. The van der Waals surface area contributed by atoms with Crippen molar-refractivity contribution in [3.63, 3.8) is 0 Å². The van der Waals surface area contributed by atoms with E-state index in [9.17, 15) is 19.2 Å². The van der Waals surface area contributed by atoms with E-state index in [-0.39, 0.29) is 23.6 Å². The Hall–Kier alpha value is -2.20. The van der Waals surface area contributed by atoms with Crippen molar-refractivity contribution in [1.29, 1.82) is 0 Å². The zero-order chi connectivity index (χ0) is 22.8. The van der Waals surface area contributed by atoms with Gasteiger partial charge in [0.1, 0.15) is 0 Å². The summed E-state index contributed by atoms with van der Waals surface area (Å²) in [5.74, 6) is -0.0980. The fourth-order valence-corrected chi connectivity index (χ4v) is 2.89. The lowest BCUT2D eigenvalue weighted by molar-refractivity contribution is -0.122. The van der Waals surface area contributed by atoms with Crippen molar-refractivity contribution in [2.24, 2.45) is 0 Å². The topological polar surface area (TPSA) is 123 Å². The van der Waals surface area contributed by atoms with Gasteiger partial charge in [-0.1, -0.05) is 0 Å². The summed E-state index contributed by atoms with van der Waals surface area (Å²) in [5, 5.41) is 10.6. The SMILES string of the molecule is CCNC(=O)CCN(CCCN(CCC(=O)NC)CCC(=O)NC)CCC(=O)NC. The number of hydrogen-bond donors (Lipinski definition) is 4. The molecule has 0 aromatic rings. The van der Waals surface area contributed by atoms with Crippen molar-refractivity contribution >= 4 is 23.6 Å². The second-order valence-electron chi connectivity index (χ2n) is 7.01. The van der Waals surface area contributed by atoms with Gasteiger partial charge < -0.3 is 31.1 Å². The van der Waals surface area contributed by atoms with Gasteiger partial charge in [0.15, 0.2) is 0 Å². The molecule has 0 saturated carbocycles. The third-order valence-corrected chi connectivity index (χ3v) is 4.78. The van der Waals surface area contributed by atoms with Crippen molar-refractivity contribution in [1.82, 2.24) is 31.1 Å². The lowest BCUT2D eigenvalue weighted by Crippen LogP contribution is -2.37. The molecule has 10 nitrogen and oxygen atoms in total. The minimum atomic E-state index is -0.0333. The number of carbonyl (C=O) groups is 4. The molecule has 174 valence electrons. The highest BCUT2D eigenvalue weighted by atomic mass is 16.2. The normalized spacial score (nSPS) is 10.7. The van der Waals surface area contributed by atoms with Gasteiger partial charge >= 0.3 is 0 Å². The third-order valence-electron chi connectivity index (χ3n) is 4.78. The average molecular weight is 429 g/mol. The van der Waals surface area contributed by atoms with Crippen LogP contribution in [0, 0.1) is 0 Å². The van der Waals surface area contributed by atoms with E-state index >= 15 is 0 Å². The molecule has 0 saturated heterocycles. The molecule has 0 unspecified atom stereocenters. The summed E-state index contributed by atoms with van der Waals surface area (Å²) in [5.41, 5.74) is 0. The maximum absolute atomic E-state index is 11.8. The third kappa shape index (κ3) is 14.7. The summed E-state index contributed by atoms with van der Waals surface area (Å²) in [6.07, 6.45) is 2.33. The van der Waals surface area contributed by atoms with Gasteiger partial charge in [-0.15, -0.1) is 0 Å². The zero-order valence-electron chi connectivity index (χ0n) is 19.0. The molecular formula is C20H40N6O4. The summed E-state index contributed by atoms with van der Waals surface area (Å²) in [7, 11) is 4.82. The Kier molecular flexibility index (Phi) is 16.3. The number of nitrogens with one attached hydrogen (secondary N) is 4. The molecule has 0 aliphatic carbocycles. The van der Waals surface area contributed by atoms with E-state index in [4.69, 9.17) is 0 Å². The van der Waals surface area contributed by atoms with Gasteiger partial charge in [-0.2, -0.15) is 0 Å². The minimum Gasteiger partial charge on any atom is -0.359 e. The van der Waals surface area contributed by atoms with Crippen LogP contribution in [0.25, 0.3) is 0 Å². The Labute approximate surface area is 180 Å². The van der Waals surface area contributed by atoms with Crippen LogP contribution in [0.1, 0.15) is 39.0 Å². The van der Waals surface area contributed by atoms with E-state index in [0.29, 0.717) is 58.4 Å². The fraction of sp³-hybridized carbons (Fsp3) is 0.800. The van der Waals surface area contributed by atoms with E-state index in [1.165, 1.54) is 0 Å². The molecule has 0 radical (unpaired) electrons. The molecule has 0 bridgehead atoms. The summed E-state index contributed by atoms with van der Waals surface area (Å²) >= 11 is 0. The average Bonchev–Trinajstić information content (AvgIpc) is 2.75. The first-order valence-electron chi connectivity index (χ1n) is 10.7. The van der Waals surface area contributed by atoms with E-state index < -0.39 is 0 Å². The van der Waals surface area contributed by atoms with Crippen LogP contribution in [0.4, 0.5) is 0 Å². The lowest BCUT2D eigenvalue weighted by atomic mass is 10.2. The van der Waals surface area contributed by atoms with E-state index in [1.807, 2.05) is 6.92 Å². The van der Waals surface area contributed by atoms with Crippen molar-refractivity contribution in [3.8, 4) is 0 Å². The second-order valence-corrected chi connectivity index (χ2v) is 7.01. The van der Waals surface area contributed by atoms with Gasteiger partial charge in [0.2, 0.25) is 23.6 Å². The van der Waals surface area contributed by atoms with Crippen LogP contribution in [0.2, 0.25) is 0 Å².